The molecular formula is C15H16FN3O2. The van der Waals surface area contributed by atoms with Gasteiger partial charge in [-0.3, -0.25) is 10.1 Å². The van der Waals surface area contributed by atoms with E-state index in [0.29, 0.717) is 16.7 Å². The maximum Gasteiger partial charge on any atom is 0.311 e. The number of aryl methyl sites for hydroxylation is 2. The van der Waals surface area contributed by atoms with Gasteiger partial charge in [0.1, 0.15) is 5.82 Å². The highest BCUT2D eigenvalue weighted by molar-refractivity contribution is 5.57. The fraction of sp³-hybridized carbons (Fsp3) is 0.267. The van der Waals surface area contributed by atoms with E-state index in [2.05, 4.69) is 10.3 Å². The fourth-order valence-electron chi connectivity index (χ4n) is 1.97. The number of anilines is 1. The summed E-state index contributed by atoms with van der Waals surface area (Å²) in [4.78, 5) is 14.6. The highest BCUT2D eigenvalue weighted by Crippen LogP contribution is 2.27. The van der Waals surface area contributed by atoms with Gasteiger partial charge in [0, 0.05) is 12.3 Å². The maximum atomic E-state index is 13.6. The van der Waals surface area contributed by atoms with E-state index < -0.39 is 4.92 Å². The van der Waals surface area contributed by atoms with Gasteiger partial charge >= 0.3 is 5.69 Å². The summed E-state index contributed by atoms with van der Waals surface area (Å²) in [5.74, 6) is -0.119. The molecule has 1 aromatic heterocycles. The molecule has 2 rings (SSSR count). The number of pyridine rings is 1. The number of hydrogen-bond acceptors (Lipinski definition) is 4. The zero-order chi connectivity index (χ0) is 15.6. The van der Waals surface area contributed by atoms with Crippen LogP contribution in [0.15, 0.2) is 30.5 Å². The number of halogens is 1. The van der Waals surface area contributed by atoms with Crippen LogP contribution in [0.3, 0.4) is 0 Å². The summed E-state index contributed by atoms with van der Waals surface area (Å²) in [6, 6.07) is 6.05. The minimum Gasteiger partial charge on any atom is -0.358 e. The lowest BCUT2D eigenvalue weighted by Gasteiger charge is -2.15. The van der Waals surface area contributed by atoms with Crippen LogP contribution < -0.4 is 5.32 Å². The molecule has 0 fully saturated rings. The van der Waals surface area contributed by atoms with Gasteiger partial charge in [-0.1, -0.05) is 12.1 Å². The molecule has 0 aliphatic rings. The number of nitro groups is 1. The average molecular weight is 289 g/mol. The number of nitrogens with one attached hydrogen (secondary N) is 1. The molecule has 1 heterocycles. The van der Waals surface area contributed by atoms with Crippen LogP contribution in [0.25, 0.3) is 0 Å². The Balaban J connectivity index is 2.29. The smallest absolute Gasteiger partial charge is 0.311 e. The van der Waals surface area contributed by atoms with Crippen LogP contribution in [0.4, 0.5) is 15.9 Å². The fourth-order valence-corrected chi connectivity index (χ4v) is 1.97. The summed E-state index contributed by atoms with van der Waals surface area (Å²) in [6.07, 6.45) is 1.55. The Morgan fingerprint density at radius 3 is 2.67 bits per heavy atom. The van der Waals surface area contributed by atoms with Crippen molar-refractivity contribution in [3.05, 3.63) is 63.1 Å². The van der Waals surface area contributed by atoms with Gasteiger partial charge in [0.05, 0.1) is 11.0 Å². The molecule has 110 valence electrons. The third kappa shape index (κ3) is 3.34. The zero-order valence-corrected chi connectivity index (χ0v) is 12.1. The van der Waals surface area contributed by atoms with Gasteiger partial charge in [-0.2, -0.15) is 0 Å². The van der Waals surface area contributed by atoms with E-state index in [0.717, 1.165) is 0 Å². The molecule has 5 nitrogen and oxygen atoms in total. The van der Waals surface area contributed by atoms with Gasteiger partial charge in [-0.15, -0.1) is 0 Å². The third-order valence-corrected chi connectivity index (χ3v) is 3.25. The molecule has 0 saturated heterocycles. The summed E-state index contributed by atoms with van der Waals surface area (Å²) < 4.78 is 13.6. The number of aromatic nitrogens is 1. The Kier molecular flexibility index (Phi) is 4.16. The van der Waals surface area contributed by atoms with E-state index in [4.69, 9.17) is 0 Å². The van der Waals surface area contributed by atoms with E-state index in [1.165, 1.54) is 12.1 Å². The Labute approximate surface area is 122 Å². The van der Waals surface area contributed by atoms with E-state index in [-0.39, 0.29) is 23.4 Å². The van der Waals surface area contributed by atoms with Gasteiger partial charge in [-0.25, -0.2) is 9.37 Å². The average Bonchev–Trinajstić information content (AvgIpc) is 2.43. The topological polar surface area (TPSA) is 68.1 Å². The Hall–Kier alpha value is -2.50. The molecular weight excluding hydrogens is 273 g/mol. The zero-order valence-electron chi connectivity index (χ0n) is 12.1. The largest absolute Gasteiger partial charge is 0.358 e. The van der Waals surface area contributed by atoms with Crippen molar-refractivity contribution in [3.63, 3.8) is 0 Å². The molecule has 0 bridgehead atoms. The molecule has 1 atom stereocenters. The van der Waals surface area contributed by atoms with Gasteiger partial charge in [0.2, 0.25) is 5.82 Å². The predicted molar refractivity (Wildman–Crippen MR) is 78.8 cm³/mol. The Bertz CT molecular complexity index is 689. The van der Waals surface area contributed by atoms with Crippen LogP contribution in [-0.2, 0) is 0 Å². The minimum absolute atomic E-state index is 0.0885. The molecule has 0 radical (unpaired) electrons. The first-order chi connectivity index (χ1) is 9.88. The molecule has 2 aromatic rings. The van der Waals surface area contributed by atoms with E-state index in [9.17, 15) is 14.5 Å². The number of hydrogen-bond donors (Lipinski definition) is 1. The SMILES string of the molecule is Cc1cnc(NC(C)c2ccc(C)c(F)c2)c([N+](=O)[O-])c1. The molecule has 0 spiro atoms. The molecule has 0 aliphatic heterocycles. The molecule has 1 N–H and O–H groups in total. The lowest BCUT2D eigenvalue weighted by molar-refractivity contribution is -0.384. The van der Waals surface area contributed by atoms with Gasteiger partial charge in [0.25, 0.3) is 0 Å². The van der Waals surface area contributed by atoms with Crippen LogP contribution >= 0.6 is 0 Å². The van der Waals surface area contributed by atoms with Gasteiger partial charge < -0.3 is 5.32 Å². The highest BCUT2D eigenvalue weighted by atomic mass is 19.1. The van der Waals surface area contributed by atoms with Crippen molar-refractivity contribution in [2.75, 3.05) is 5.32 Å². The van der Waals surface area contributed by atoms with Crippen LogP contribution in [0.2, 0.25) is 0 Å². The summed E-state index contributed by atoms with van der Waals surface area (Å²) in [6.45, 7) is 5.22. The van der Waals surface area contributed by atoms with Crippen molar-refractivity contribution in [3.8, 4) is 0 Å². The third-order valence-electron chi connectivity index (χ3n) is 3.25. The number of rotatable bonds is 4. The first-order valence-electron chi connectivity index (χ1n) is 6.52. The number of nitrogens with zero attached hydrogens (tertiary/aromatic N) is 2. The van der Waals surface area contributed by atoms with Crippen LogP contribution in [-0.4, -0.2) is 9.91 Å². The Morgan fingerprint density at radius 1 is 1.33 bits per heavy atom. The van der Waals surface area contributed by atoms with Crippen LogP contribution in [0.1, 0.15) is 29.7 Å². The standard InChI is InChI=1S/C15H16FN3O2/c1-9-6-14(19(20)21)15(17-8-9)18-11(3)12-5-4-10(2)13(16)7-12/h4-8,11H,1-3H3,(H,17,18). The molecule has 6 heteroatoms. The van der Waals surface area contributed by atoms with Crippen molar-refractivity contribution in [1.29, 1.82) is 0 Å². The maximum absolute atomic E-state index is 13.6. The summed E-state index contributed by atoms with van der Waals surface area (Å²) >= 11 is 0. The van der Waals surface area contributed by atoms with Crippen molar-refractivity contribution in [2.24, 2.45) is 0 Å². The van der Waals surface area contributed by atoms with Crippen molar-refractivity contribution < 1.29 is 9.31 Å². The highest BCUT2D eigenvalue weighted by Gasteiger charge is 2.18. The lowest BCUT2D eigenvalue weighted by atomic mass is 10.1. The normalized spacial score (nSPS) is 12.0. The molecule has 1 aromatic carbocycles. The van der Waals surface area contributed by atoms with Gasteiger partial charge in [-0.05, 0) is 43.5 Å². The quantitative estimate of drug-likeness (QED) is 0.684. The lowest BCUT2D eigenvalue weighted by Crippen LogP contribution is -2.10. The van der Waals surface area contributed by atoms with E-state index in [1.54, 1.807) is 39.1 Å². The first kappa shape index (κ1) is 14.9. The molecule has 0 aliphatic carbocycles. The summed E-state index contributed by atoms with van der Waals surface area (Å²) in [5.41, 5.74) is 1.89. The molecule has 0 amide bonds. The second-order valence-corrected chi connectivity index (χ2v) is 5.01. The van der Waals surface area contributed by atoms with E-state index >= 15 is 0 Å². The van der Waals surface area contributed by atoms with Crippen molar-refractivity contribution in [1.82, 2.24) is 4.98 Å². The van der Waals surface area contributed by atoms with Crippen molar-refractivity contribution >= 4 is 11.5 Å². The Morgan fingerprint density at radius 2 is 2.05 bits per heavy atom. The van der Waals surface area contributed by atoms with E-state index in [1.807, 2.05) is 0 Å². The minimum atomic E-state index is -0.481. The van der Waals surface area contributed by atoms with Crippen LogP contribution in [0.5, 0.6) is 0 Å². The van der Waals surface area contributed by atoms with Crippen molar-refractivity contribution in [2.45, 2.75) is 26.8 Å². The summed E-state index contributed by atoms with van der Waals surface area (Å²) in [7, 11) is 0. The molecule has 21 heavy (non-hydrogen) atoms. The first-order valence-corrected chi connectivity index (χ1v) is 6.52. The van der Waals surface area contributed by atoms with Crippen LogP contribution in [0, 0.1) is 29.8 Å². The molecule has 0 saturated carbocycles. The molecule has 1 unspecified atom stereocenters. The number of benzene rings is 1. The second-order valence-electron chi connectivity index (χ2n) is 5.01. The predicted octanol–water partition coefficient (Wildman–Crippen LogP) is 3.92. The van der Waals surface area contributed by atoms with Gasteiger partial charge in [0.15, 0.2) is 0 Å². The summed E-state index contributed by atoms with van der Waals surface area (Å²) in [5, 5.41) is 14.0. The monoisotopic (exact) mass is 289 g/mol. The second kappa shape index (κ2) is 5.87.